The molecule has 0 spiro atoms. The van der Waals surface area contributed by atoms with Gasteiger partial charge in [0.15, 0.2) is 0 Å². The van der Waals surface area contributed by atoms with Gasteiger partial charge in [0, 0.05) is 12.8 Å². The molecule has 0 aliphatic rings. The smallest absolute Gasteiger partial charge is 0.0897 e. The number of nitrogens with two attached hydrogens (primary N) is 1. The molecule has 1 aromatic carbocycles. The van der Waals surface area contributed by atoms with E-state index in [9.17, 15) is 0 Å². The van der Waals surface area contributed by atoms with E-state index >= 15 is 0 Å². The third-order valence-corrected chi connectivity index (χ3v) is 3.52. The average Bonchev–Trinajstić information content (AvgIpc) is 2.97. The van der Waals surface area contributed by atoms with E-state index in [1.165, 1.54) is 0 Å². The minimum Gasteiger partial charge on any atom is -0.376 e. The fourth-order valence-corrected chi connectivity index (χ4v) is 2.55. The number of para-hydroxylation sites is 1. The number of hydrogen-bond acceptors (Lipinski definition) is 4. The second kappa shape index (κ2) is 7.36. The molecule has 0 bridgehead atoms. The third-order valence-electron chi connectivity index (χ3n) is 3.52. The van der Waals surface area contributed by atoms with Gasteiger partial charge in [-0.2, -0.15) is 5.10 Å². The number of nitrogens with zero attached hydrogens (tertiary/aromatic N) is 2. The maximum Gasteiger partial charge on any atom is 0.0897 e. The van der Waals surface area contributed by atoms with E-state index in [1.807, 2.05) is 48.0 Å². The van der Waals surface area contributed by atoms with Crippen LogP contribution in [-0.2, 0) is 4.74 Å². The van der Waals surface area contributed by atoms with E-state index in [2.05, 4.69) is 24.4 Å². The molecule has 5 nitrogen and oxygen atoms in total. The summed E-state index contributed by atoms with van der Waals surface area (Å²) in [6.07, 6.45) is 1.77. The molecular weight excluding hydrogens is 264 g/mol. The molecule has 2 atom stereocenters. The Labute approximate surface area is 126 Å². The summed E-state index contributed by atoms with van der Waals surface area (Å²) >= 11 is 0. The molecule has 0 saturated heterocycles. The molecule has 0 fully saturated rings. The Morgan fingerprint density at radius 2 is 1.95 bits per heavy atom. The first kappa shape index (κ1) is 15.7. The summed E-state index contributed by atoms with van der Waals surface area (Å²) in [6, 6.07) is 11.9. The first-order chi connectivity index (χ1) is 10.2. The molecular formula is C16H24N4O. The van der Waals surface area contributed by atoms with Gasteiger partial charge in [0.05, 0.1) is 23.5 Å². The topological polar surface area (TPSA) is 65.1 Å². The molecule has 0 amide bonds. The highest BCUT2D eigenvalue weighted by molar-refractivity contribution is 5.33. The summed E-state index contributed by atoms with van der Waals surface area (Å²) < 4.78 is 7.79. The summed E-state index contributed by atoms with van der Waals surface area (Å²) in [5.74, 6) is 6.15. The Balaban J connectivity index is 2.37. The van der Waals surface area contributed by atoms with Gasteiger partial charge in [-0.25, -0.2) is 10.1 Å². The van der Waals surface area contributed by atoms with Gasteiger partial charge >= 0.3 is 0 Å². The molecule has 114 valence electrons. The van der Waals surface area contributed by atoms with Crippen LogP contribution in [0, 0.1) is 5.92 Å². The molecule has 0 radical (unpaired) electrons. The fraction of sp³-hybridized carbons (Fsp3) is 0.438. The van der Waals surface area contributed by atoms with E-state index in [4.69, 9.17) is 10.6 Å². The second-order valence-electron chi connectivity index (χ2n) is 5.31. The lowest BCUT2D eigenvalue weighted by Gasteiger charge is -2.30. The van der Waals surface area contributed by atoms with Gasteiger partial charge in [0.25, 0.3) is 0 Å². The normalized spacial score (nSPS) is 14.3. The van der Waals surface area contributed by atoms with Crippen LogP contribution >= 0.6 is 0 Å². The van der Waals surface area contributed by atoms with E-state index in [-0.39, 0.29) is 12.1 Å². The Morgan fingerprint density at radius 1 is 1.24 bits per heavy atom. The van der Waals surface area contributed by atoms with Crippen LogP contribution in [0.15, 0.2) is 42.6 Å². The number of ether oxygens (including phenoxy) is 1. The van der Waals surface area contributed by atoms with E-state index in [0.717, 1.165) is 11.4 Å². The molecule has 1 aromatic heterocycles. The lowest BCUT2D eigenvalue weighted by molar-refractivity contribution is 0.00122. The van der Waals surface area contributed by atoms with Crippen LogP contribution in [0.3, 0.4) is 0 Å². The molecule has 0 aliphatic heterocycles. The van der Waals surface area contributed by atoms with E-state index in [1.54, 1.807) is 6.20 Å². The van der Waals surface area contributed by atoms with E-state index < -0.39 is 0 Å². The molecule has 5 heteroatoms. The van der Waals surface area contributed by atoms with Crippen LogP contribution in [0.2, 0.25) is 0 Å². The Hall–Kier alpha value is -1.69. The zero-order valence-corrected chi connectivity index (χ0v) is 12.9. The summed E-state index contributed by atoms with van der Waals surface area (Å²) in [7, 11) is 0. The molecule has 2 aromatic rings. The highest BCUT2D eigenvalue weighted by Crippen LogP contribution is 2.25. The van der Waals surface area contributed by atoms with Crippen molar-refractivity contribution >= 4 is 0 Å². The summed E-state index contributed by atoms with van der Waals surface area (Å²) in [6.45, 7) is 6.92. The highest BCUT2D eigenvalue weighted by Gasteiger charge is 2.28. The minimum absolute atomic E-state index is 0.0147. The van der Waals surface area contributed by atoms with Crippen molar-refractivity contribution in [2.24, 2.45) is 11.8 Å². The largest absolute Gasteiger partial charge is 0.376 e. The van der Waals surface area contributed by atoms with Gasteiger partial charge in [-0.05, 0) is 31.0 Å². The summed E-state index contributed by atoms with van der Waals surface area (Å²) in [4.78, 5) is 0. The first-order valence-corrected chi connectivity index (χ1v) is 7.36. The van der Waals surface area contributed by atoms with Gasteiger partial charge < -0.3 is 4.74 Å². The Morgan fingerprint density at radius 3 is 2.52 bits per heavy atom. The van der Waals surface area contributed by atoms with Gasteiger partial charge in [-0.1, -0.05) is 32.0 Å². The van der Waals surface area contributed by atoms with Crippen LogP contribution in [0.5, 0.6) is 0 Å². The number of hydrogen-bond donors (Lipinski definition) is 2. The predicted octanol–water partition coefficient (Wildman–Crippen LogP) is 2.44. The quantitative estimate of drug-likeness (QED) is 0.606. The van der Waals surface area contributed by atoms with Crippen molar-refractivity contribution in [3.8, 4) is 5.69 Å². The molecule has 2 rings (SSSR count). The van der Waals surface area contributed by atoms with Crippen molar-refractivity contribution in [1.82, 2.24) is 15.2 Å². The van der Waals surface area contributed by atoms with Crippen molar-refractivity contribution in [3.05, 3.63) is 48.3 Å². The lowest BCUT2D eigenvalue weighted by Crippen LogP contribution is -2.41. The standard InChI is InChI=1S/C16H24N4O/c1-4-21-16(12(2)3)15(19-17)14-10-11-18-20(14)13-8-6-5-7-9-13/h5-12,15-16,19H,4,17H2,1-3H3. The number of benzene rings is 1. The van der Waals surface area contributed by atoms with Crippen LogP contribution in [0.25, 0.3) is 5.69 Å². The number of rotatable bonds is 7. The predicted molar refractivity (Wildman–Crippen MR) is 83.9 cm³/mol. The number of hydrazine groups is 1. The molecule has 0 aliphatic carbocycles. The summed E-state index contributed by atoms with van der Waals surface area (Å²) in [5, 5.41) is 4.42. The van der Waals surface area contributed by atoms with Gasteiger partial charge in [-0.15, -0.1) is 0 Å². The van der Waals surface area contributed by atoms with Gasteiger partial charge in [0.2, 0.25) is 0 Å². The Bertz CT molecular complexity index is 538. The second-order valence-corrected chi connectivity index (χ2v) is 5.31. The maximum absolute atomic E-state index is 5.89. The van der Waals surface area contributed by atoms with Crippen molar-refractivity contribution in [2.75, 3.05) is 6.61 Å². The van der Waals surface area contributed by atoms with Crippen LogP contribution in [0.1, 0.15) is 32.5 Å². The van der Waals surface area contributed by atoms with Crippen LogP contribution in [0.4, 0.5) is 0 Å². The highest BCUT2D eigenvalue weighted by atomic mass is 16.5. The fourth-order valence-electron chi connectivity index (χ4n) is 2.55. The van der Waals surface area contributed by atoms with Crippen molar-refractivity contribution < 1.29 is 4.74 Å². The molecule has 1 heterocycles. The number of aromatic nitrogens is 2. The Kier molecular flexibility index (Phi) is 5.50. The zero-order chi connectivity index (χ0) is 15.2. The molecule has 21 heavy (non-hydrogen) atoms. The number of nitrogens with one attached hydrogen (secondary N) is 1. The van der Waals surface area contributed by atoms with E-state index in [0.29, 0.717) is 12.5 Å². The lowest BCUT2D eigenvalue weighted by atomic mass is 9.97. The van der Waals surface area contributed by atoms with Crippen LogP contribution < -0.4 is 11.3 Å². The minimum atomic E-state index is -0.118. The first-order valence-electron chi connectivity index (χ1n) is 7.36. The SMILES string of the molecule is CCOC(C(C)C)C(NN)c1ccnn1-c1ccccc1. The molecule has 0 saturated carbocycles. The van der Waals surface area contributed by atoms with Crippen LogP contribution in [-0.4, -0.2) is 22.5 Å². The van der Waals surface area contributed by atoms with Gasteiger partial charge in [0.1, 0.15) is 0 Å². The molecule has 3 N–H and O–H groups in total. The summed E-state index contributed by atoms with van der Waals surface area (Å²) in [5.41, 5.74) is 4.90. The molecule has 2 unspecified atom stereocenters. The third kappa shape index (κ3) is 3.50. The van der Waals surface area contributed by atoms with Crippen molar-refractivity contribution in [1.29, 1.82) is 0 Å². The average molecular weight is 288 g/mol. The van der Waals surface area contributed by atoms with Gasteiger partial charge in [-0.3, -0.25) is 5.84 Å². The van der Waals surface area contributed by atoms with Crippen molar-refractivity contribution in [2.45, 2.75) is 32.9 Å². The monoisotopic (exact) mass is 288 g/mol. The van der Waals surface area contributed by atoms with Crippen molar-refractivity contribution in [3.63, 3.8) is 0 Å². The zero-order valence-electron chi connectivity index (χ0n) is 12.9. The maximum atomic E-state index is 5.89.